The first kappa shape index (κ1) is 12.7. The SMILES string of the molecule is CC(C)(O)CNC(=O)c1cccc2c1OCCO2. The van der Waals surface area contributed by atoms with Crippen molar-refractivity contribution in [3.05, 3.63) is 23.8 Å². The Morgan fingerprint density at radius 3 is 2.83 bits per heavy atom. The van der Waals surface area contributed by atoms with Crippen molar-refractivity contribution in [2.75, 3.05) is 19.8 Å². The molecule has 98 valence electrons. The first-order valence-corrected chi connectivity index (χ1v) is 5.86. The van der Waals surface area contributed by atoms with Crippen molar-refractivity contribution < 1.29 is 19.4 Å². The summed E-state index contributed by atoms with van der Waals surface area (Å²) in [6, 6.07) is 5.18. The molecule has 0 fully saturated rings. The molecule has 0 unspecified atom stereocenters. The Morgan fingerprint density at radius 2 is 2.11 bits per heavy atom. The highest BCUT2D eigenvalue weighted by Gasteiger charge is 2.21. The van der Waals surface area contributed by atoms with Crippen molar-refractivity contribution in [2.45, 2.75) is 19.4 Å². The molecule has 2 N–H and O–H groups in total. The van der Waals surface area contributed by atoms with Gasteiger partial charge < -0.3 is 19.9 Å². The molecule has 1 amide bonds. The van der Waals surface area contributed by atoms with Crippen LogP contribution in [0.4, 0.5) is 0 Å². The van der Waals surface area contributed by atoms with Crippen LogP contribution in [-0.2, 0) is 0 Å². The molecule has 1 aromatic rings. The summed E-state index contributed by atoms with van der Waals surface area (Å²) in [6.07, 6.45) is 0. The van der Waals surface area contributed by atoms with Gasteiger partial charge in [0.25, 0.3) is 5.91 Å². The fraction of sp³-hybridized carbons (Fsp3) is 0.462. The number of benzene rings is 1. The van der Waals surface area contributed by atoms with E-state index in [1.807, 2.05) is 0 Å². The third-order valence-corrected chi connectivity index (χ3v) is 2.49. The smallest absolute Gasteiger partial charge is 0.255 e. The maximum Gasteiger partial charge on any atom is 0.255 e. The van der Waals surface area contributed by atoms with Crippen LogP contribution in [0.15, 0.2) is 18.2 Å². The molecule has 1 aliphatic heterocycles. The summed E-state index contributed by atoms with van der Waals surface area (Å²) in [5.74, 6) is 0.772. The van der Waals surface area contributed by atoms with Crippen molar-refractivity contribution in [3.63, 3.8) is 0 Å². The van der Waals surface area contributed by atoms with Gasteiger partial charge >= 0.3 is 0 Å². The van der Waals surface area contributed by atoms with Gasteiger partial charge in [0.1, 0.15) is 13.2 Å². The zero-order valence-electron chi connectivity index (χ0n) is 10.5. The Kier molecular flexibility index (Phi) is 3.43. The number of carbonyl (C=O) groups is 1. The lowest BCUT2D eigenvalue weighted by atomic mass is 10.1. The average molecular weight is 251 g/mol. The molecule has 0 spiro atoms. The van der Waals surface area contributed by atoms with Crippen molar-refractivity contribution in [2.24, 2.45) is 0 Å². The zero-order chi connectivity index (χ0) is 13.2. The maximum absolute atomic E-state index is 12.0. The van der Waals surface area contributed by atoms with Crippen LogP contribution in [0.3, 0.4) is 0 Å². The Labute approximate surface area is 106 Å². The van der Waals surface area contributed by atoms with Crippen LogP contribution in [-0.4, -0.2) is 36.4 Å². The van der Waals surface area contributed by atoms with Gasteiger partial charge in [-0.3, -0.25) is 4.79 Å². The van der Waals surface area contributed by atoms with Gasteiger partial charge in [-0.1, -0.05) is 6.07 Å². The minimum absolute atomic E-state index is 0.177. The van der Waals surface area contributed by atoms with Crippen LogP contribution in [0.1, 0.15) is 24.2 Å². The van der Waals surface area contributed by atoms with Crippen LogP contribution in [0, 0.1) is 0 Å². The highest BCUT2D eigenvalue weighted by atomic mass is 16.6. The number of aliphatic hydroxyl groups is 1. The van der Waals surface area contributed by atoms with E-state index in [4.69, 9.17) is 9.47 Å². The van der Waals surface area contributed by atoms with Gasteiger partial charge in [0.15, 0.2) is 11.5 Å². The molecule has 0 saturated heterocycles. The molecule has 0 saturated carbocycles. The largest absolute Gasteiger partial charge is 0.486 e. The van der Waals surface area contributed by atoms with E-state index in [0.29, 0.717) is 30.3 Å². The number of rotatable bonds is 3. The summed E-state index contributed by atoms with van der Waals surface area (Å²) < 4.78 is 10.9. The molecule has 5 heteroatoms. The summed E-state index contributed by atoms with van der Waals surface area (Å²) in [5.41, 5.74) is -0.515. The van der Waals surface area contributed by atoms with Crippen molar-refractivity contribution in [3.8, 4) is 11.5 Å². The molecule has 5 nitrogen and oxygen atoms in total. The Morgan fingerprint density at radius 1 is 1.39 bits per heavy atom. The number of para-hydroxylation sites is 1. The zero-order valence-corrected chi connectivity index (χ0v) is 10.5. The number of ether oxygens (including phenoxy) is 2. The van der Waals surface area contributed by atoms with E-state index in [9.17, 15) is 9.90 Å². The standard InChI is InChI=1S/C13H17NO4/c1-13(2,16)8-14-12(15)9-4-3-5-10-11(9)18-7-6-17-10/h3-5,16H,6-8H2,1-2H3,(H,14,15). The van der Waals surface area contributed by atoms with Crippen LogP contribution in [0.5, 0.6) is 11.5 Å². The van der Waals surface area contributed by atoms with E-state index in [-0.39, 0.29) is 12.5 Å². The maximum atomic E-state index is 12.0. The Balaban J connectivity index is 2.15. The normalized spacial score (nSPS) is 14.2. The molecular formula is C13H17NO4. The lowest BCUT2D eigenvalue weighted by molar-refractivity contribution is 0.0690. The number of carbonyl (C=O) groups excluding carboxylic acids is 1. The molecule has 1 heterocycles. The van der Waals surface area contributed by atoms with E-state index in [1.54, 1.807) is 32.0 Å². The molecule has 0 aromatic heterocycles. The number of nitrogens with one attached hydrogen (secondary N) is 1. The topological polar surface area (TPSA) is 67.8 Å². The quantitative estimate of drug-likeness (QED) is 0.839. The van der Waals surface area contributed by atoms with Gasteiger partial charge in [-0.15, -0.1) is 0 Å². The summed E-state index contributed by atoms with van der Waals surface area (Å²) in [7, 11) is 0. The van der Waals surface area contributed by atoms with Crippen LogP contribution in [0.2, 0.25) is 0 Å². The van der Waals surface area contributed by atoms with E-state index in [0.717, 1.165) is 0 Å². The first-order chi connectivity index (χ1) is 8.47. The van der Waals surface area contributed by atoms with Crippen LogP contribution < -0.4 is 14.8 Å². The average Bonchev–Trinajstić information content (AvgIpc) is 2.34. The highest BCUT2D eigenvalue weighted by Crippen LogP contribution is 2.33. The predicted molar refractivity (Wildman–Crippen MR) is 66.1 cm³/mol. The molecule has 0 bridgehead atoms. The van der Waals surface area contributed by atoms with Gasteiger partial charge in [-0.25, -0.2) is 0 Å². The van der Waals surface area contributed by atoms with Crippen LogP contribution >= 0.6 is 0 Å². The lowest BCUT2D eigenvalue weighted by Crippen LogP contribution is -2.38. The molecule has 0 radical (unpaired) electrons. The van der Waals surface area contributed by atoms with Crippen molar-refractivity contribution in [1.29, 1.82) is 0 Å². The Hall–Kier alpha value is -1.75. The second-order valence-corrected chi connectivity index (χ2v) is 4.82. The van der Waals surface area contributed by atoms with Gasteiger partial charge in [0.2, 0.25) is 0 Å². The highest BCUT2D eigenvalue weighted by molar-refractivity contribution is 5.97. The van der Waals surface area contributed by atoms with Gasteiger partial charge in [-0.05, 0) is 26.0 Å². The van der Waals surface area contributed by atoms with Crippen LogP contribution in [0.25, 0.3) is 0 Å². The van der Waals surface area contributed by atoms with Gasteiger partial charge in [0.05, 0.1) is 11.2 Å². The van der Waals surface area contributed by atoms with E-state index in [2.05, 4.69) is 5.32 Å². The third-order valence-electron chi connectivity index (χ3n) is 2.49. The lowest BCUT2D eigenvalue weighted by Gasteiger charge is -2.22. The summed E-state index contributed by atoms with van der Waals surface area (Å²) in [4.78, 5) is 12.0. The molecule has 18 heavy (non-hydrogen) atoms. The second-order valence-electron chi connectivity index (χ2n) is 4.82. The third kappa shape index (κ3) is 2.92. The molecule has 2 rings (SSSR count). The van der Waals surface area contributed by atoms with Gasteiger partial charge in [0, 0.05) is 6.54 Å². The van der Waals surface area contributed by atoms with E-state index < -0.39 is 5.60 Å². The molecule has 1 aliphatic rings. The summed E-state index contributed by atoms with van der Waals surface area (Å²) >= 11 is 0. The van der Waals surface area contributed by atoms with E-state index in [1.165, 1.54) is 0 Å². The minimum atomic E-state index is -0.943. The Bertz CT molecular complexity index is 451. The number of fused-ring (bicyclic) bond motifs is 1. The molecular weight excluding hydrogens is 234 g/mol. The first-order valence-electron chi connectivity index (χ1n) is 5.86. The fourth-order valence-corrected chi connectivity index (χ4v) is 1.64. The van der Waals surface area contributed by atoms with Crippen molar-refractivity contribution in [1.82, 2.24) is 5.32 Å². The fourth-order valence-electron chi connectivity index (χ4n) is 1.64. The predicted octanol–water partition coefficient (Wildman–Crippen LogP) is 0.959. The van der Waals surface area contributed by atoms with E-state index >= 15 is 0 Å². The minimum Gasteiger partial charge on any atom is -0.486 e. The van der Waals surface area contributed by atoms with Gasteiger partial charge in [-0.2, -0.15) is 0 Å². The van der Waals surface area contributed by atoms with Crippen molar-refractivity contribution >= 4 is 5.91 Å². The second kappa shape index (κ2) is 4.86. The number of hydrogen-bond donors (Lipinski definition) is 2. The number of hydrogen-bond acceptors (Lipinski definition) is 4. The monoisotopic (exact) mass is 251 g/mol. The molecule has 0 atom stereocenters. The molecule has 0 aliphatic carbocycles. The number of amides is 1. The molecule has 1 aromatic carbocycles. The summed E-state index contributed by atoms with van der Waals surface area (Å²) in [5, 5.41) is 12.2. The summed E-state index contributed by atoms with van der Waals surface area (Å²) in [6.45, 7) is 4.36.